The van der Waals surface area contributed by atoms with Gasteiger partial charge in [-0.05, 0) is 18.6 Å². The van der Waals surface area contributed by atoms with Crippen LogP contribution in [0.1, 0.15) is 20.1 Å². The van der Waals surface area contributed by atoms with Gasteiger partial charge in [-0.15, -0.1) is 21.5 Å². The van der Waals surface area contributed by atoms with Crippen molar-refractivity contribution in [1.82, 2.24) is 19.7 Å². The highest BCUT2D eigenvalue weighted by atomic mass is 32.1. The third kappa shape index (κ3) is 2.97. The summed E-state index contributed by atoms with van der Waals surface area (Å²) in [5.74, 6) is 0.0611. The van der Waals surface area contributed by atoms with Crippen LogP contribution < -0.4 is 4.90 Å². The van der Waals surface area contributed by atoms with Crippen molar-refractivity contribution in [3.63, 3.8) is 0 Å². The van der Waals surface area contributed by atoms with E-state index in [1.807, 2.05) is 18.5 Å². The first kappa shape index (κ1) is 15.0. The lowest BCUT2D eigenvalue weighted by atomic mass is 10.2. The molecule has 0 amide bonds. The van der Waals surface area contributed by atoms with Gasteiger partial charge in [0, 0.05) is 44.6 Å². The lowest BCUT2D eigenvalue weighted by molar-refractivity contribution is 0.0702. The Balaban J connectivity index is 1.60. The molecule has 7 nitrogen and oxygen atoms in total. The fourth-order valence-corrected chi connectivity index (χ4v) is 3.57. The van der Waals surface area contributed by atoms with Gasteiger partial charge in [0.1, 0.15) is 11.2 Å². The summed E-state index contributed by atoms with van der Waals surface area (Å²) in [6, 6.07) is 1.80. The molecule has 0 spiro atoms. The normalized spacial score (nSPS) is 16.2. The van der Waals surface area contributed by atoms with Crippen LogP contribution in [0.4, 0.5) is 5.95 Å². The van der Waals surface area contributed by atoms with Gasteiger partial charge in [-0.25, -0.2) is 4.79 Å². The predicted molar refractivity (Wildman–Crippen MR) is 84.5 cm³/mol. The molecule has 0 unspecified atom stereocenters. The van der Waals surface area contributed by atoms with Gasteiger partial charge in [0.25, 0.3) is 0 Å². The summed E-state index contributed by atoms with van der Waals surface area (Å²) in [6.45, 7) is 6.47. The van der Waals surface area contributed by atoms with Gasteiger partial charge in [0.15, 0.2) is 0 Å². The maximum Gasteiger partial charge on any atom is 0.345 e. The van der Waals surface area contributed by atoms with Crippen molar-refractivity contribution in [1.29, 1.82) is 0 Å². The van der Waals surface area contributed by atoms with Crippen LogP contribution in [0, 0.1) is 6.92 Å². The SMILES string of the molecule is Cc1sc(C(=O)O)cc1CN1CCN(c2nncn2C)CC1. The van der Waals surface area contributed by atoms with Crippen molar-refractivity contribution in [2.45, 2.75) is 13.5 Å². The smallest absolute Gasteiger partial charge is 0.345 e. The predicted octanol–water partition coefficient (Wildman–Crippen LogP) is 1.21. The monoisotopic (exact) mass is 321 g/mol. The fraction of sp³-hybridized carbons (Fsp3) is 0.500. The molecule has 118 valence electrons. The average molecular weight is 321 g/mol. The number of piperazine rings is 1. The molecule has 0 aromatic carbocycles. The number of rotatable bonds is 4. The summed E-state index contributed by atoms with van der Waals surface area (Å²) in [7, 11) is 1.95. The van der Waals surface area contributed by atoms with E-state index in [1.54, 1.807) is 12.4 Å². The van der Waals surface area contributed by atoms with E-state index < -0.39 is 5.97 Å². The standard InChI is InChI=1S/C14H19N5O2S/c1-10-11(7-12(22-10)13(20)21)8-18-3-5-19(6-4-18)14-16-15-9-17(14)2/h7,9H,3-6,8H2,1-2H3,(H,20,21). The van der Waals surface area contributed by atoms with Gasteiger partial charge in [-0.1, -0.05) is 0 Å². The number of aromatic carboxylic acids is 1. The van der Waals surface area contributed by atoms with Gasteiger partial charge in [0.05, 0.1) is 0 Å². The van der Waals surface area contributed by atoms with Crippen LogP contribution in [0.15, 0.2) is 12.4 Å². The number of anilines is 1. The number of hydrogen-bond acceptors (Lipinski definition) is 6. The summed E-state index contributed by atoms with van der Waals surface area (Å²) in [5.41, 5.74) is 1.12. The second-order valence-electron chi connectivity index (χ2n) is 5.50. The molecule has 2 aromatic rings. The number of carboxylic acids is 1. The molecule has 2 aromatic heterocycles. The van der Waals surface area contributed by atoms with Crippen LogP contribution >= 0.6 is 11.3 Å². The molecule has 8 heteroatoms. The largest absolute Gasteiger partial charge is 0.477 e. The number of carboxylic acid groups (broad SMARTS) is 1. The lowest BCUT2D eigenvalue weighted by Gasteiger charge is -2.34. The third-order valence-corrected chi connectivity index (χ3v) is 5.05. The van der Waals surface area contributed by atoms with Gasteiger partial charge < -0.3 is 14.6 Å². The molecule has 1 fully saturated rings. The Hall–Kier alpha value is -1.93. The molecule has 22 heavy (non-hydrogen) atoms. The van der Waals surface area contributed by atoms with Crippen molar-refractivity contribution in [3.8, 4) is 0 Å². The molecule has 1 aliphatic heterocycles. The second-order valence-corrected chi connectivity index (χ2v) is 6.76. The van der Waals surface area contributed by atoms with E-state index in [4.69, 9.17) is 5.11 Å². The molecule has 3 rings (SSSR count). The summed E-state index contributed by atoms with van der Waals surface area (Å²) in [6.07, 6.45) is 1.71. The Kier molecular flexibility index (Phi) is 4.12. The number of hydrogen-bond donors (Lipinski definition) is 1. The third-order valence-electron chi connectivity index (χ3n) is 3.97. The molecule has 0 aliphatic carbocycles. The molecule has 1 aliphatic rings. The van der Waals surface area contributed by atoms with Gasteiger partial charge in [-0.3, -0.25) is 4.90 Å². The summed E-state index contributed by atoms with van der Waals surface area (Å²) >= 11 is 1.35. The highest BCUT2D eigenvalue weighted by Gasteiger charge is 2.21. The Morgan fingerprint density at radius 2 is 2.09 bits per heavy atom. The molecule has 1 saturated heterocycles. The first-order valence-corrected chi connectivity index (χ1v) is 8.00. The van der Waals surface area contributed by atoms with Crippen molar-refractivity contribution in [3.05, 3.63) is 27.7 Å². The Bertz CT molecular complexity index is 673. The Labute approximate surface area is 132 Å². The number of aromatic nitrogens is 3. The van der Waals surface area contributed by atoms with Crippen molar-refractivity contribution in [2.75, 3.05) is 31.1 Å². The number of aryl methyl sites for hydroxylation is 2. The number of nitrogens with zero attached hydrogens (tertiary/aromatic N) is 5. The summed E-state index contributed by atoms with van der Waals surface area (Å²) in [5, 5.41) is 17.1. The Morgan fingerprint density at radius 1 is 1.36 bits per heavy atom. The van der Waals surface area contributed by atoms with Crippen molar-refractivity contribution in [2.24, 2.45) is 7.05 Å². The van der Waals surface area contributed by atoms with E-state index in [0.717, 1.165) is 49.1 Å². The molecular formula is C14H19N5O2S. The first-order chi connectivity index (χ1) is 10.5. The molecule has 0 saturated carbocycles. The fourth-order valence-electron chi connectivity index (χ4n) is 2.69. The first-order valence-electron chi connectivity index (χ1n) is 7.18. The number of thiophene rings is 1. The topological polar surface area (TPSA) is 74.5 Å². The quantitative estimate of drug-likeness (QED) is 0.912. The minimum absolute atomic E-state index is 0.422. The van der Waals surface area contributed by atoms with Gasteiger partial charge >= 0.3 is 5.97 Å². The van der Waals surface area contributed by atoms with E-state index in [0.29, 0.717) is 4.88 Å². The molecular weight excluding hydrogens is 302 g/mol. The summed E-state index contributed by atoms with van der Waals surface area (Å²) in [4.78, 5) is 17.1. The molecule has 0 radical (unpaired) electrons. The highest BCUT2D eigenvalue weighted by molar-refractivity contribution is 7.14. The van der Waals surface area contributed by atoms with E-state index in [-0.39, 0.29) is 0 Å². The van der Waals surface area contributed by atoms with E-state index in [1.165, 1.54) is 11.3 Å². The van der Waals surface area contributed by atoms with Gasteiger partial charge in [-0.2, -0.15) is 0 Å². The van der Waals surface area contributed by atoms with Crippen molar-refractivity contribution < 1.29 is 9.90 Å². The van der Waals surface area contributed by atoms with Crippen LogP contribution in [0.2, 0.25) is 0 Å². The number of carbonyl (C=O) groups is 1. The van der Waals surface area contributed by atoms with Crippen LogP contribution in [-0.4, -0.2) is 56.9 Å². The zero-order chi connectivity index (χ0) is 15.7. The molecule has 1 N–H and O–H groups in total. The highest BCUT2D eigenvalue weighted by Crippen LogP contribution is 2.23. The minimum Gasteiger partial charge on any atom is -0.477 e. The zero-order valence-electron chi connectivity index (χ0n) is 12.7. The molecule has 0 bridgehead atoms. The van der Waals surface area contributed by atoms with E-state index in [2.05, 4.69) is 20.0 Å². The molecule has 3 heterocycles. The van der Waals surface area contributed by atoms with Crippen LogP contribution in [-0.2, 0) is 13.6 Å². The molecule has 0 atom stereocenters. The summed E-state index contributed by atoms with van der Waals surface area (Å²) < 4.78 is 1.93. The van der Waals surface area contributed by atoms with Gasteiger partial charge in [0.2, 0.25) is 5.95 Å². The Morgan fingerprint density at radius 3 is 2.64 bits per heavy atom. The minimum atomic E-state index is -0.841. The van der Waals surface area contributed by atoms with E-state index in [9.17, 15) is 4.79 Å². The zero-order valence-corrected chi connectivity index (χ0v) is 13.5. The second kappa shape index (κ2) is 6.05. The van der Waals surface area contributed by atoms with Crippen molar-refractivity contribution >= 4 is 23.3 Å². The average Bonchev–Trinajstić information content (AvgIpc) is 3.07. The lowest BCUT2D eigenvalue weighted by Crippen LogP contribution is -2.46. The maximum atomic E-state index is 11.0. The van der Waals surface area contributed by atoms with E-state index >= 15 is 0 Å². The maximum absolute atomic E-state index is 11.0. The van der Waals surface area contributed by atoms with Crippen LogP contribution in [0.5, 0.6) is 0 Å². The van der Waals surface area contributed by atoms with Crippen LogP contribution in [0.3, 0.4) is 0 Å². The van der Waals surface area contributed by atoms with Crippen LogP contribution in [0.25, 0.3) is 0 Å².